The highest BCUT2D eigenvalue weighted by atomic mass is 16.6. The molecule has 32 heavy (non-hydrogen) atoms. The van der Waals surface area contributed by atoms with Gasteiger partial charge in [0.25, 0.3) is 5.54 Å². The molecule has 13 heteroatoms. The Labute approximate surface area is 183 Å². The van der Waals surface area contributed by atoms with Crippen LogP contribution in [0, 0.1) is 5.92 Å². The molecule has 0 aromatic rings. The van der Waals surface area contributed by atoms with Crippen molar-refractivity contribution >= 4 is 35.9 Å². The predicted octanol–water partition coefficient (Wildman–Crippen LogP) is 0.316. The summed E-state index contributed by atoms with van der Waals surface area (Å²) in [6.45, 7) is 8.29. The minimum absolute atomic E-state index is 0.0297. The summed E-state index contributed by atoms with van der Waals surface area (Å²) in [5, 5.41) is 38.3. The number of hydrogen-bond donors (Lipinski definition) is 4. The molecule has 2 amide bonds. The van der Waals surface area contributed by atoms with Crippen molar-refractivity contribution in [3.05, 3.63) is 0 Å². The van der Waals surface area contributed by atoms with Crippen molar-refractivity contribution in [2.24, 2.45) is 5.92 Å². The first-order chi connectivity index (χ1) is 14.3. The average molecular weight is 460 g/mol. The summed E-state index contributed by atoms with van der Waals surface area (Å²) in [6, 6.07) is -2.06. The van der Waals surface area contributed by atoms with Gasteiger partial charge in [-0.2, -0.15) is 0 Å². The van der Waals surface area contributed by atoms with Crippen molar-refractivity contribution < 1.29 is 53.9 Å². The van der Waals surface area contributed by atoms with Gasteiger partial charge >= 0.3 is 30.0 Å². The maximum atomic E-state index is 13.2. The lowest BCUT2D eigenvalue weighted by Crippen LogP contribution is -2.67. The number of carboxylic acid groups (broad SMARTS) is 4. The molecular weight excluding hydrogens is 432 g/mol. The molecule has 0 radical (unpaired) electrons. The summed E-state index contributed by atoms with van der Waals surface area (Å²) in [5.74, 6) is -11.7. The van der Waals surface area contributed by atoms with E-state index in [4.69, 9.17) is 4.74 Å². The Kier molecular flexibility index (Phi) is 7.19. The lowest BCUT2D eigenvalue weighted by atomic mass is 9.84. The van der Waals surface area contributed by atoms with E-state index in [1.165, 1.54) is 20.8 Å². The molecular formula is C19H28N2O11. The first kappa shape index (κ1) is 26.7. The van der Waals surface area contributed by atoms with Crippen molar-refractivity contribution in [1.82, 2.24) is 9.80 Å². The van der Waals surface area contributed by atoms with Gasteiger partial charge in [-0.15, -0.1) is 0 Å². The fourth-order valence-corrected chi connectivity index (χ4v) is 3.47. The van der Waals surface area contributed by atoms with Crippen LogP contribution < -0.4 is 0 Å². The molecule has 180 valence electrons. The lowest BCUT2D eigenvalue weighted by Gasteiger charge is -2.40. The number of nitrogens with zero attached hydrogens (tertiary/aromatic N) is 2. The summed E-state index contributed by atoms with van der Waals surface area (Å²) in [4.78, 5) is 74.2. The second kappa shape index (κ2) is 8.63. The fourth-order valence-electron chi connectivity index (χ4n) is 3.47. The number of carbonyl (C=O) groups excluding carboxylic acids is 2. The van der Waals surface area contributed by atoms with E-state index in [1.807, 2.05) is 0 Å². The first-order valence-electron chi connectivity index (χ1n) is 9.53. The van der Waals surface area contributed by atoms with Gasteiger partial charge in [0.1, 0.15) is 24.1 Å². The van der Waals surface area contributed by atoms with Gasteiger partial charge in [0.05, 0.1) is 0 Å². The van der Waals surface area contributed by atoms with E-state index in [9.17, 15) is 49.2 Å². The number of carbonyl (C=O) groups is 6. The highest BCUT2D eigenvalue weighted by molar-refractivity contribution is 6.12. The molecule has 1 aliphatic rings. The van der Waals surface area contributed by atoms with Gasteiger partial charge < -0.3 is 30.1 Å². The van der Waals surface area contributed by atoms with Gasteiger partial charge in [-0.05, 0) is 48.0 Å². The Morgan fingerprint density at radius 2 is 1.38 bits per heavy atom. The molecule has 0 aromatic heterocycles. The fraction of sp³-hybridized carbons (Fsp3) is 0.684. The zero-order chi connectivity index (χ0) is 25.4. The van der Waals surface area contributed by atoms with E-state index < -0.39 is 77.5 Å². The maximum Gasteiger partial charge on any atom is 0.411 e. The van der Waals surface area contributed by atoms with E-state index in [1.54, 1.807) is 20.8 Å². The summed E-state index contributed by atoms with van der Waals surface area (Å²) >= 11 is 0. The number of likely N-dealkylation sites (tertiary alicyclic amines) is 1. The summed E-state index contributed by atoms with van der Waals surface area (Å²) in [6.07, 6.45) is -1.94. The zero-order valence-electron chi connectivity index (χ0n) is 18.6. The van der Waals surface area contributed by atoms with Gasteiger partial charge in [-0.25, -0.2) is 19.2 Å². The van der Waals surface area contributed by atoms with E-state index in [-0.39, 0.29) is 4.90 Å². The predicted molar refractivity (Wildman–Crippen MR) is 105 cm³/mol. The van der Waals surface area contributed by atoms with Crippen LogP contribution in [0.5, 0.6) is 0 Å². The third-order valence-electron chi connectivity index (χ3n) is 4.88. The highest BCUT2D eigenvalue weighted by Gasteiger charge is 2.70. The van der Waals surface area contributed by atoms with Gasteiger partial charge in [0.2, 0.25) is 5.91 Å². The van der Waals surface area contributed by atoms with Gasteiger partial charge in [0.15, 0.2) is 0 Å². The number of hydrogen-bond acceptors (Lipinski definition) is 7. The number of ether oxygens (including phenoxy) is 1. The quantitative estimate of drug-likeness (QED) is 0.398. The minimum atomic E-state index is -3.39. The summed E-state index contributed by atoms with van der Waals surface area (Å²) < 4.78 is 5.24. The molecule has 1 rings (SSSR count). The molecule has 0 spiro atoms. The van der Waals surface area contributed by atoms with Crippen LogP contribution >= 0.6 is 0 Å². The van der Waals surface area contributed by atoms with E-state index in [0.29, 0.717) is 0 Å². The third kappa shape index (κ3) is 4.92. The van der Waals surface area contributed by atoms with Crippen LogP contribution in [-0.4, -0.2) is 95.4 Å². The molecule has 0 aliphatic carbocycles. The highest BCUT2D eigenvalue weighted by Crippen LogP contribution is 2.41. The zero-order valence-corrected chi connectivity index (χ0v) is 18.6. The summed E-state index contributed by atoms with van der Waals surface area (Å²) in [5.41, 5.74) is -5.44. The van der Waals surface area contributed by atoms with E-state index in [0.717, 1.165) is 4.90 Å². The van der Waals surface area contributed by atoms with Crippen LogP contribution in [0.15, 0.2) is 0 Å². The molecule has 2 atom stereocenters. The first-order valence-corrected chi connectivity index (χ1v) is 9.53. The molecule has 1 aliphatic heterocycles. The topological polar surface area (TPSA) is 199 Å². The van der Waals surface area contributed by atoms with Crippen molar-refractivity contribution in [2.75, 3.05) is 6.54 Å². The maximum absolute atomic E-state index is 13.2. The Balaban J connectivity index is 3.60. The molecule has 1 unspecified atom stereocenters. The molecule has 1 saturated heterocycles. The second-order valence-corrected chi connectivity index (χ2v) is 9.36. The van der Waals surface area contributed by atoms with E-state index in [2.05, 4.69) is 0 Å². The standard InChI is InChI=1S/C19H28N2O11/c1-17(2,3)20(16(31)32-18(4,5)6)8-11(22)21-10(13(25)26)7-9(12(23)24)19(21,14(27)28)15(29)30/h9-10H,7-8H2,1-6H3,(H,23,24)(H,25,26)(H,27,28)(H,29,30)/t9?,10-/m0/s1. The molecule has 0 saturated carbocycles. The van der Waals surface area contributed by atoms with Crippen LogP contribution in [0.1, 0.15) is 48.0 Å². The minimum Gasteiger partial charge on any atom is -0.481 e. The smallest absolute Gasteiger partial charge is 0.411 e. The van der Waals surface area contributed by atoms with Crippen LogP contribution in [0.3, 0.4) is 0 Å². The number of carboxylic acids is 4. The normalized spacial score (nSPS) is 20.4. The average Bonchev–Trinajstić information content (AvgIpc) is 2.94. The van der Waals surface area contributed by atoms with Crippen LogP contribution in [0.2, 0.25) is 0 Å². The Bertz CT molecular complexity index is 823. The lowest BCUT2D eigenvalue weighted by molar-refractivity contribution is -0.179. The number of amides is 2. The monoisotopic (exact) mass is 460 g/mol. The van der Waals surface area contributed by atoms with Gasteiger partial charge in [-0.3, -0.25) is 14.5 Å². The molecule has 13 nitrogen and oxygen atoms in total. The van der Waals surface area contributed by atoms with Gasteiger partial charge in [0, 0.05) is 5.54 Å². The molecule has 0 aromatic carbocycles. The summed E-state index contributed by atoms with van der Waals surface area (Å²) in [7, 11) is 0. The molecule has 1 fully saturated rings. The number of aliphatic carboxylic acids is 4. The largest absolute Gasteiger partial charge is 0.481 e. The molecule has 0 bridgehead atoms. The van der Waals surface area contributed by atoms with Gasteiger partial charge in [-0.1, -0.05) is 0 Å². The Hall–Kier alpha value is -3.38. The van der Waals surface area contributed by atoms with Crippen molar-refractivity contribution in [1.29, 1.82) is 0 Å². The number of rotatable bonds is 6. The van der Waals surface area contributed by atoms with Crippen molar-refractivity contribution in [2.45, 2.75) is 70.7 Å². The van der Waals surface area contributed by atoms with Crippen molar-refractivity contribution in [3.63, 3.8) is 0 Å². The Morgan fingerprint density at radius 3 is 1.69 bits per heavy atom. The second-order valence-electron chi connectivity index (χ2n) is 9.36. The third-order valence-corrected chi connectivity index (χ3v) is 4.88. The molecule has 1 heterocycles. The molecule has 4 N–H and O–H groups in total. The van der Waals surface area contributed by atoms with Crippen LogP contribution in [-0.2, 0) is 28.7 Å². The van der Waals surface area contributed by atoms with Crippen LogP contribution in [0.4, 0.5) is 4.79 Å². The van der Waals surface area contributed by atoms with E-state index >= 15 is 0 Å². The van der Waals surface area contributed by atoms with Crippen LogP contribution in [0.25, 0.3) is 0 Å². The van der Waals surface area contributed by atoms with Crippen molar-refractivity contribution in [3.8, 4) is 0 Å². The Morgan fingerprint density at radius 1 is 0.906 bits per heavy atom. The SMILES string of the molecule is CC(C)(C)OC(=O)N(CC(=O)N1[C@H](C(=O)O)CC(C(=O)O)C1(C(=O)O)C(=O)O)C(C)(C)C.